The SMILES string of the molecule is CCOc1ccc2[nH]cc(CCNC(C)C)c2c1.Cl. The molecule has 2 aromatic rings. The largest absolute Gasteiger partial charge is 0.494 e. The lowest BCUT2D eigenvalue weighted by atomic mass is 10.1. The number of hydrogen-bond donors (Lipinski definition) is 2. The predicted molar refractivity (Wildman–Crippen MR) is 83.6 cm³/mol. The van der Waals surface area contributed by atoms with Gasteiger partial charge in [0.1, 0.15) is 5.75 Å². The highest BCUT2D eigenvalue weighted by Gasteiger charge is 2.05. The van der Waals surface area contributed by atoms with E-state index < -0.39 is 0 Å². The highest BCUT2D eigenvalue weighted by molar-refractivity contribution is 5.85. The van der Waals surface area contributed by atoms with E-state index in [1.165, 1.54) is 16.5 Å². The van der Waals surface area contributed by atoms with Crippen molar-refractivity contribution in [2.75, 3.05) is 13.2 Å². The molecule has 0 aliphatic rings. The van der Waals surface area contributed by atoms with Crippen molar-refractivity contribution in [3.8, 4) is 5.75 Å². The van der Waals surface area contributed by atoms with Gasteiger partial charge in [0.2, 0.25) is 0 Å². The smallest absolute Gasteiger partial charge is 0.120 e. The molecule has 0 spiro atoms. The van der Waals surface area contributed by atoms with E-state index in [2.05, 4.69) is 42.5 Å². The molecule has 0 atom stereocenters. The molecule has 0 unspecified atom stereocenters. The summed E-state index contributed by atoms with van der Waals surface area (Å²) in [5.41, 5.74) is 2.53. The normalized spacial score (nSPS) is 10.7. The Hall–Kier alpha value is -1.19. The van der Waals surface area contributed by atoms with E-state index in [9.17, 15) is 0 Å². The van der Waals surface area contributed by atoms with Crippen LogP contribution in [0.25, 0.3) is 10.9 Å². The number of H-pyrrole nitrogens is 1. The van der Waals surface area contributed by atoms with Crippen molar-refractivity contribution in [2.24, 2.45) is 0 Å². The second-order valence-corrected chi connectivity index (χ2v) is 4.81. The Morgan fingerprint density at radius 2 is 2.11 bits per heavy atom. The fourth-order valence-corrected chi connectivity index (χ4v) is 2.12. The van der Waals surface area contributed by atoms with Crippen LogP contribution in [0.15, 0.2) is 24.4 Å². The fourth-order valence-electron chi connectivity index (χ4n) is 2.12. The molecule has 0 saturated heterocycles. The molecule has 0 aliphatic heterocycles. The van der Waals surface area contributed by atoms with Crippen molar-refractivity contribution in [1.29, 1.82) is 0 Å². The summed E-state index contributed by atoms with van der Waals surface area (Å²) < 4.78 is 5.55. The lowest BCUT2D eigenvalue weighted by Gasteiger charge is -2.07. The molecule has 0 fully saturated rings. The van der Waals surface area contributed by atoms with E-state index in [0.29, 0.717) is 12.6 Å². The lowest BCUT2D eigenvalue weighted by Crippen LogP contribution is -2.24. The number of rotatable bonds is 6. The van der Waals surface area contributed by atoms with Crippen molar-refractivity contribution in [2.45, 2.75) is 33.2 Å². The van der Waals surface area contributed by atoms with Gasteiger partial charge in [-0.1, -0.05) is 13.8 Å². The third-order valence-corrected chi connectivity index (χ3v) is 3.00. The first kappa shape index (κ1) is 15.9. The number of nitrogens with one attached hydrogen (secondary N) is 2. The number of halogens is 1. The molecule has 3 nitrogen and oxygen atoms in total. The summed E-state index contributed by atoms with van der Waals surface area (Å²) in [7, 11) is 0. The maximum Gasteiger partial charge on any atom is 0.120 e. The van der Waals surface area contributed by atoms with Crippen LogP contribution < -0.4 is 10.1 Å². The molecule has 2 rings (SSSR count). The van der Waals surface area contributed by atoms with Crippen LogP contribution >= 0.6 is 12.4 Å². The first-order valence-electron chi connectivity index (χ1n) is 6.67. The van der Waals surface area contributed by atoms with Crippen molar-refractivity contribution in [3.05, 3.63) is 30.0 Å². The molecule has 0 saturated carbocycles. The minimum atomic E-state index is 0. The molecule has 0 amide bonds. The van der Waals surface area contributed by atoms with Crippen LogP contribution in [0.2, 0.25) is 0 Å². The summed E-state index contributed by atoms with van der Waals surface area (Å²) in [6.07, 6.45) is 3.14. The van der Waals surface area contributed by atoms with Crippen LogP contribution in [0.5, 0.6) is 5.75 Å². The van der Waals surface area contributed by atoms with E-state index in [-0.39, 0.29) is 12.4 Å². The zero-order valence-corrected chi connectivity index (χ0v) is 12.6. The number of fused-ring (bicyclic) bond motifs is 1. The zero-order chi connectivity index (χ0) is 13.0. The Labute approximate surface area is 121 Å². The Morgan fingerprint density at radius 3 is 2.79 bits per heavy atom. The monoisotopic (exact) mass is 282 g/mol. The van der Waals surface area contributed by atoms with Gasteiger partial charge in [-0.3, -0.25) is 0 Å². The minimum Gasteiger partial charge on any atom is -0.494 e. The first-order valence-corrected chi connectivity index (χ1v) is 6.67. The van der Waals surface area contributed by atoms with Gasteiger partial charge < -0.3 is 15.0 Å². The van der Waals surface area contributed by atoms with Gasteiger partial charge >= 0.3 is 0 Å². The van der Waals surface area contributed by atoms with Crippen molar-refractivity contribution in [1.82, 2.24) is 10.3 Å². The molecule has 0 bridgehead atoms. The lowest BCUT2D eigenvalue weighted by molar-refractivity contribution is 0.340. The third kappa shape index (κ3) is 4.15. The highest BCUT2D eigenvalue weighted by atomic mass is 35.5. The Kier molecular flexibility index (Phi) is 6.19. The van der Waals surface area contributed by atoms with Gasteiger partial charge in [0.05, 0.1) is 6.61 Å². The third-order valence-electron chi connectivity index (χ3n) is 3.00. The summed E-state index contributed by atoms with van der Waals surface area (Å²) >= 11 is 0. The topological polar surface area (TPSA) is 37.0 Å². The highest BCUT2D eigenvalue weighted by Crippen LogP contribution is 2.24. The van der Waals surface area contributed by atoms with Crippen molar-refractivity contribution < 1.29 is 4.74 Å². The van der Waals surface area contributed by atoms with Gasteiger partial charge in [-0.05, 0) is 43.7 Å². The van der Waals surface area contributed by atoms with Crippen molar-refractivity contribution >= 4 is 23.3 Å². The number of hydrogen-bond acceptors (Lipinski definition) is 2. The van der Waals surface area contributed by atoms with Gasteiger partial charge in [-0.25, -0.2) is 0 Å². The van der Waals surface area contributed by atoms with Crippen LogP contribution in [0.1, 0.15) is 26.3 Å². The Bertz CT molecular complexity index is 508. The summed E-state index contributed by atoms with van der Waals surface area (Å²) in [5.74, 6) is 0.947. The molecule has 0 aliphatic carbocycles. The van der Waals surface area contributed by atoms with E-state index in [0.717, 1.165) is 18.7 Å². The molecule has 106 valence electrons. The van der Waals surface area contributed by atoms with Crippen LogP contribution in [-0.2, 0) is 6.42 Å². The van der Waals surface area contributed by atoms with Crippen LogP contribution in [-0.4, -0.2) is 24.2 Å². The van der Waals surface area contributed by atoms with E-state index in [1.54, 1.807) is 0 Å². The molecule has 1 aromatic heterocycles. The summed E-state index contributed by atoms with van der Waals surface area (Å²) in [6, 6.07) is 6.76. The number of aromatic amines is 1. The summed E-state index contributed by atoms with van der Waals surface area (Å²) in [5, 5.41) is 4.71. The quantitative estimate of drug-likeness (QED) is 0.850. The minimum absolute atomic E-state index is 0. The van der Waals surface area contributed by atoms with Crippen LogP contribution in [0.3, 0.4) is 0 Å². The second-order valence-electron chi connectivity index (χ2n) is 4.81. The standard InChI is InChI=1S/C15H22N2O.ClH/c1-4-18-13-5-6-15-14(9-13)12(10-17-15)7-8-16-11(2)3;/h5-6,9-11,16-17H,4,7-8H2,1-3H3;1H. The molecule has 0 radical (unpaired) electrons. The van der Waals surface area contributed by atoms with E-state index in [4.69, 9.17) is 4.74 Å². The molecule has 19 heavy (non-hydrogen) atoms. The second kappa shape index (κ2) is 7.41. The molecule has 4 heteroatoms. The van der Waals surface area contributed by atoms with Crippen LogP contribution in [0.4, 0.5) is 0 Å². The summed E-state index contributed by atoms with van der Waals surface area (Å²) in [4.78, 5) is 3.31. The van der Waals surface area contributed by atoms with E-state index in [1.807, 2.05) is 13.0 Å². The van der Waals surface area contributed by atoms with Gasteiger partial charge in [0.15, 0.2) is 0 Å². The molecule has 1 heterocycles. The fraction of sp³-hybridized carbons (Fsp3) is 0.467. The number of ether oxygens (including phenoxy) is 1. The van der Waals surface area contributed by atoms with E-state index >= 15 is 0 Å². The zero-order valence-electron chi connectivity index (χ0n) is 11.8. The van der Waals surface area contributed by atoms with Gasteiger partial charge in [-0.15, -0.1) is 12.4 Å². The average molecular weight is 283 g/mol. The van der Waals surface area contributed by atoms with Gasteiger partial charge in [-0.2, -0.15) is 0 Å². The molecular formula is C15H23ClN2O. The maximum absolute atomic E-state index is 5.55. The van der Waals surface area contributed by atoms with Crippen molar-refractivity contribution in [3.63, 3.8) is 0 Å². The predicted octanol–water partition coefficient (Wildman–Crippen LogP) is 3.53. The molecule has 1 aromatic carbocycles. The Morgan fingerprint density at radius 1 is 1.32 bits per heavy atom. The average Bonchev–Trinajstić information content (AvgIpc) is 2.72. The first-order chi connectivity index (χ1) is 8.70. The Balaban J connectivity index is 0.00000180. The molecular weight excluding hydrogens is 260 g/mol. The maximum atomic E-state index is 5.55. The molecule has 2 N–H and O–H groups in total. The van der Waals surface area contributed by atoms with Crippen LogP contribution in [0, 0.1) is 0 Å². The number of aromatic nitrogens is 1. The number of benzene rings is 1. The summed E-state index contributed by atoms with van der Waals surface area (Å²) in [6.45, 7) is 8.06. The van der Waals surface area contributed by atoms with Gasteiger partial charge in [0.25, 0.3) is 0 Å². The van der Waals surface area contributed by atoms with Gasteiger partial charge in [0, 0.05) is 23.1 Å².